The monoisotopic (exact) mass is 315 g/mol. The van der Waals surface area contributed by atoms with Gasteiger partial charge < -0.3 is 0 Å². The molecule has 2 heterocycles. The predicted molar refractivity (Wildman–Crippen MR) is 87.6 cm³/mol. The summed E-state index contributed by atoms with van der Waals surface area (Å²) in [5, 5.41) is 5.99. The molecule has 0 N–H and O–H groups in total. The maximum Gasteiger partial charge on any atom is 0.280 e. The third-order valence-electron chi connectivity index (χ3n) is 4.04. The number of alkyl halides is 2. The van der Waals surface area contributed by atoms with Crippen LogP contribution in [0.4, 0.5) is 8.78 Å². The van der Waals surface area contributed by atoms with Gasteiger partial charge >= 0.3 is 0 Å². The third kappa shape index (κ3) is 2.71. The Kier molecular flexibility index (Phi) is 3.66. The Hall–Kier alpha value is -2.30. The fraction of sp³-hybridized carbons (Fsp3) is 0.333. The van der Waals surface area contributed by atoms with E-state index in [-0.39, 0.29) is 11.1 Å². The summed E-state index contributed by atoms with van der Waals surface area (Å²) >= 11 is 0. The van der Waals surface area contributed by atoms with Crippen LogP contribution in [0.25, 0.3) is 22.0 Å². The van der Waals surface area contributed by atoms with Crippen LogP contribution in [-0.4, -0.2) is 14.8 Å². The van der Waals surface area contributed by atoms with Crippen LogP contribution < -0.4 is 0 Å². The summed E-state index contributed by atoms with van der Waals surface area (Å²) in [6.45, 7) is 6.43. The SMILES string of the molecule is Cn1ncc(-c2cc3cccc(C(C)(C)C)c3cn2)c1C(F)F. The Bertz CT molecular complexity index is 860. The van der Waals surface area contributed by atoms with Gasteiger partial charge in [0.15, 0.2) is 0 Å². The Morgan fingerprint density at radius 1 is 1.13 bits per heavy atom. The summed E-state index contributed by atoms with van der Waals surface area (Å²) in [6, 6.07) is 7.91. The first kappa shape index (κ1) is 15.6. The molecule has 0 bridgehead atoms. The van der Waals surface area contributed by atoms with Gasteiger partial charge in [-0.1, -0.05) is 39.0 Å². The number of nitrogens with zero attached hydrogens (tertiary/aromatic N) is 3. The molecule has 0 fully saturated rings. The Balaban J connectivity index is 2.20. The number of hydrogen-bond acceptors (Lipinski definition) is 2. The minimum atomic E-state index is -2.59. The van der Waals surface area contributed by atoms with Crippen LogP contribution in [0.3, 0.4) is 0 Å². The third-order valence-corrected chi connectivity index (χ3v) is 4.04. The lowest BCUT2D eigenvalue weighted by molar-refractivity contribution is 0.141. The van der Waals surface area contributed by atoms with Gasteiger partial charge in [-0.25, -0.2) is 8.78 Å². The molecule has 0 saturated carbocycles. The van der Waals surface area contributed by atoms with E-state index in [0.29, 0.717) is 11.3 Å². The number of aromatic nitrogens is 3. The summed E-state index contributed by atoms with van der Waals surface area (Å²) < 4.78 is 27.7. The largest absolute Gasteiger partial charge is 0.280 e. The molecule has 0 aliphatic rings. The molecule has 0 saturated heterocycles. The van der Waals surface area contributed by atoms with Gasteiger partial charge in [-0.05, 0) is 22.4 Å². The molecule has 5 heteroatoms. The van der Waals surface area contributed by atoms with Gasteiger partial charge in [0.1, 0.15) is 5.69 Å². The van der Waals surface area contributed by atoms with Crippen LogP contribution in [0.2, 0.25) is 0 Å². The second kappa shape index (κ2) is 5.41. The first-order valence-corrected chi connectivity index (χ1v) is 7.48. The molecule has 1 aromatic carbocycles. The van der Waals surface area contributed by atoms with Crippen molar-refractivity contribution in [2.24, 2.45) is 7.05 Å². The van der Waals surface area contributed by atoms with Crippen LogP contribution >= 0.6 is 0 Å². The van der Waals surface area contributed by atoms with Gasteiger partial charge in [0.25, 0.3) is 6.43 Å². The van der Waals surface area contributed by atoms with Crippen LogP contribution in [-0.2, 0) is 12.5 Å². The molecule has 3 aromatic rings. The van der Waals surface area contributed by atoms with Crippen molar-refractivity contribution in [1.29, 1.82) is 0 Å². The molecule has 0 spiro atoms. The number of pyridine rings is 1. The fourth-order valence-corrected chi connectivity index (χ4v) is 2.88. The van der Waals surface area contributed by atoms with Crippen LogP contribution in [0.15, 0.2) is 36.7 Å². The molecule has 0 atom stereocenters. The topological polar surface area (TPSA) is 30.7 Å². The van der Waals surface area contributed by atoms with E-state index in [0.717, 1.165) is 10.8 Å². The van der Waals surface area contributed by atoms with Gasteiger partial charge in [-0.15, -0.1) is 0 Å². The second-order valence-corrected chi connectivity index (χ2v) is 6.71. The number of halogens is 2. The Morgan fingerprint density at radius 3 is 2.52 bits per heavy atom. The van der Waals surface area contributed by atoms with Crippen molar-refractivity contribution in [3.63, 3.8) is 0 Å². The maximum atomic E-state index is 13.3. The maximum absolute atomic E-state index is 13.3. The smallest absolute Gasteiger partial charge is 0.266 e. The average Bonchev–Trinajstić information content (AvgIpc) is 2.87. The van der Waals surface area contributed by atoms with E-state index in [9.17, 15) is 8.78 Å². The van der Waals surface area contributed by atoms with E-state index in [4.69, 9.17) is 0 Å². The highest BCUT2D eigenvalue weighted by Crippen LogP contribution is 2.34. The molecule has 23 heavy (non-hydrogen) atoms. The molecule has 0 radical (unpaired) electrons. The number of rotatable bonds is 2. The van der Waals surface area contributed by atoms with Crippen LogP contribution in [0.1, 0.15) is 38.5 Å². The van der Waals surface area contributed by atoms with Crippen molar-refractivity contribution in [2.75, 3.05) is 0 Å². The highest BCUT2D eigenvalue weighted by Gasteiger charge is 2.21. The summed E-state index contributed by atoms with van der Waals surface area (Å²) in [7, 11) is 1.52. The molecule has 3 nitrogen and oxygen atoms in total. The average molecular weight is 315 g/mol. The first-order valence-electron chi connectivity index (χ1n) is 7.48. The normalized spacial score (nSPS) is 12.3. The molecule has 120 valence electrons. The highest BCUT2D eigenvalue weighted by molar-refractivity contribution is 5.88. The van der Waals surface area contributed by atoms with Gasteiger partial charge in [0, 0.05) is 24.2 Å². The lowest BCUT2D eigenvalue weighted by Gasteiger charge is -2.21. The molecule has 0 aliphatic heterocycles. The standard InChI is InChI=1S/C18H19F2N3/c1-18(2,3)14-7-5-6-11-8-15(21-9-12(11)14)13-10-22-23(4)16(13)17(19)20/h5-10,17H,1-4H3. The lowest BCUT2D eigenvalue weighted by Crippen LogP contribution is -2.11. The minimum Gasteiger partial charge on any atom is -0.266 e. The van der Waals surface area contributed by atoms with Gasteiger partial charge in [0.2, 0.25) is 0 Å². The number of hydrogen-bond donors (Lipinski definition) is 0. The van der Waals surface area contributed by atoms with Gasteiger partial charge in [-0.3, -0.25) is 9.67 Å². The van der Waals surface area contributed by atoms with Crippen molar-refractivity contribution in [3.8, 4) is 11.3 Å². The van der Waals surface area contributed by atoms with Crippen molar-refractivity contribution >= 4 is 10.8 Å². The predicted octanol–water partition coefficient (Wildman–Crippen LogP) is 4.87. The summed E-state index contributed by atoms with van der Waals surface area (Å²) in [6.07, 6.45) is 0.632. The van der Waals surface area contributed by atoms with Crippen molar-refractivity contribution < 1.29 is 8.78 Å². The van der Waals surface area contributed by atoms with E-state index in [1.54, 1.807) is 6.20 Å². The number of fused-ring (bicyclic) bond motifs is 1. The Labute approximate surface area is 134 Å². The molecule has 0 unspecified atom stereocenters. The van der Waals surface area contributed by atoms with Gasteiger partial charge in [0.05, 0.1) is 11.9 Å². The van der Waals surface area contributed by atoms with Crippen LogP contribution in [0.5, 0.6) is 0 Å². The summed E-state index contributed by atoms with van der Waals surface area (Å²) in [4.78, 5) is 4.42. The molecule has 0 aliphatic carbocycles. The van der Waals surface area contributed by atoms with E-state index in [1.165, 1.54) is 23.5 Å². The summed E-state index contributed by atoms with van der Waals surface area (Å²) in [5.41, 5.74) is 1.97. The summed E-state index contributed by atoms with van der Waals surface area (Å²) in [5.74, 6) is 0. The quantitative estimate of drug-likeness (QED) is 0.675. The molecule has 3 rings (SSSR count). The van der Waals surface area contributed by atoms with Crippen LogP contribution in [0, 0.1) is 0 Å². The zero-order chi connectivity index (χ0) is 16.8. The fourth-order valence-electron chi connectivity index (χ4n) is 2.88. The number of aryl methyl sites for hydroxylation is 1. The highest BCUT2D eigenvalue weighted by atomic mass is 19.3. The van der Waals surface area contributed by atoms with E-state index in [1.807, 2.05) is 18.2 Å². The van der Waals surface area contributed by atoms with Crippen molar-refractivity contribution in [3.05, 3.63) is 47.9 Å². The molecule has 2 aromatic heterocycles. The van der Waals surface area contributed by atoms with E-state index >= 15 is 0 Å². The van der Waals surface area contributed by atoms with E-state index in [2.05, 4.69) is 36.9 Å². The first-order chi connectivity index (χ1) is 10.8. The zero-order valence-corrected chi connectivity index (χ0v) is 13.6. The lowest BCUT2D eigenvalue weighted by atomic mass is 9.84. The minimum absolute atomic E-state index is 0.00879. The Morgan fingerprint density at radius 2 is 1.87 bits per heavy atom. The molecular weight excluding hydrogens is 296 g/mol. The van der Waals surface area contributed by atoms with E-state index < -0.39 is 6.43 Å². The molecule has 0 amide bonds. The molecular formula is C18H19F2N3. The zero-order valence-electron chi connectivity index (χ0n) is 13.6. The number of benzene rings is 1. The second-order valence-electron chi connectivity index (χ2n) is 6.71. The van der Waals surface area contributed by atoms with Crippen molar-refractivity contribution in [2.45, 2.75) is 32.6 Å². The van der Waals surface area contributed by atoms with Gasteiger partial charge in [-0.2, -0.15) is 5.10 Å². The van der Waals surface area contributed by atoms with Crippen molar-refractivity contribution in [1.82, 2.24) is 14.8 Å².